The summed E-state index contributed by atoms with van der Waals surface area (Å²) in [7, 11) is 1.57. The molecule has 0 radical (unpaired) electrons. The van der Waals surface area contributed by atoms with E-state index in [1.54, 1.807) is 52.3 Å². The van der Waals surface area contributed by atoms with Gasteiger partial charge < -0.3 is 14.2 Å². The number of pyridine rings is 1. The maximum absolute atomic E-state index is 14.2. The molecule has 1 aromatic carbocycles. The van der Waals surface area contributed by atoms with Gasteiger partial charge in [0.1, 0.15) is 11.7 Å². The molecular formula is C28H30N2O6. The number of methoxy groups -OCH3 is 1. The number of nitrogens with zero attached hydrogens (tertiary/aromatic N) is 2. The number of ketones is 1. The Balaban J connectivity index is 1.88. The molecule has 0 saturated heterocycles. The standard InChI is InChI=1S/C28H30N2O6/c1-5-35-27(32)22-16(3)30-21-15-19(17-10-9-11-18(14-17)34-4)23(28(33)36-6-2)26(31)25(21)24(22)20-12-7-8-13-29-20/h7-14,19,23-25H,5-6,15H2,1-4H3/t19-,23-,24-,25?/m1/s1. The summed E-state index contributed by atoms with van der Waals surface area (Å²) in [6.45, 7) is 5.51. The number of carbonyl (C=O) groups is 3. The van der Waals surface area contributed by atoms with Crippen molar-refractivity contribution < 1.29 is 28.6 Å². The van der Waals surface area contributed by atoms with E-state index in [1.807, 2.05) is 24.3 Å². The fourth-order valence-corrected chi connectivity index (χ4v) is 5.22. The fourth-order valence-electron chi connectivity index (χ4n) is 5.22. The van der Waals surface area contributed by atoms with Crippen molar-refractivity contribution >= 4 is 23.4 Å². The lowest BCUT2D eigenvalue weighted by molar-refractivity contribution is -0.153. The molecule has 4 rings (SSSR count). The molecule has 0 spiro atoms. The topological polar surface area (TPSA) is 104 Å². The predicted octanol–water partition coefficient (Wildman–Crippen LogP) is 4.02. The first-order valence-corrected chi connectivity index (χ1v) is 12.1. The summed E-state index contributed by atoms with van der Waals surface area (Å²) in [5.74, 6) is -3.93. The van der Waals surface area contributed by atoms with Crippen LogP contribution in [0.5, 0.6) is 5.75 Å². The van der Waals surface area contributed by atoms with Crippen LogP contribution < -0.4 is 4.74 Å². The van der Waals surface area contributed by atoms with Gasteiger partial charge in [0.15, 0.2) is 5.78 Å². The van der Waals surface area contributed by atoms with E-state index in [4.69, 9.17) is 19.2 Å². The normalized spacial score (nSPS) is 23.4. The summed E-state index contributed by atoms with van der Waals surface area (Å²) in [5.41, 5.74) is 2.74. The summed E-state index contributed by atoms with van der Waals surface area (Å²) >= 11 is 0. The SMILES string of the molecule is CCOC(=O)C1=C(C)N=C2C[C@H](c3cccc(OC)c3)[C@@H](C(=O)OCC)C(=O)C2[C@@H]1c1ccccn1. The number of carbonyl (C=O) groups excluding carboxylic acids is 3. The number of fused-ring (bicyclic) bond motifs is 1. The van der Waals surface area contributed by atoms with Gasteiger partial charge in [-0.1, -0.05) is 18.2 Å². The van der Waals surface area contributed by atoms with Crippen molar-refractivity contribution in [2.75, 3.05) is 20.3 Å². The quantitative estimate of drug-likeness (QED) is 0.426. The van der Waals surface area contributed by atoms with E-state index in [1.165, 1.54) is 0 Å². The van der Waals surface area contributed by atoms with Gasteiger partial charge in [-0.2, -0.15) is 0 Å². The summed E-state index contributed by atoms with van der Waals surface area (Å²) in [6.07, 6.45) is 1.97. The number of aromatic nitrogens is 1. The molecule has 4 atom stereocenters. The van der Waals surface area contributed by atoms with Crippen molar-refractivity contribution in [3.63, 3.8) is 0 Å². The van der Waals surface area contributed by atoms with Crippen LogP contribution in [0.25, 0.3) is 0 Å². The minimum atomic E-state index is -1.06. The minimum Gasteiger partial charge on any atom is -0.497 e. The van der Waals surface area contributed by atoms with E-state index in [-0.39, 0.29) is 19.0 Å². The number of benzene rings is 1. The number of hydrogen-bond donors (Lipinski definition) is 0. The molecule has 188 valence electrons. The molecule has 0 N–H and O–H groups in total. The molecule has 0 amide bonds. The Bertz CT molecular complexity index is 1220. The third-order valence-electron chi connectivity index (χ3n) is 6.71. The molecule has 1 unspecified atom stereocenters. The second kappa shape index (κ2) is 10.8. The highest BCUT2D eigenvalue weighted by molar-refractivity contribution is 6.17. The third kappa shape index (κ3) is 4.67. The zero-order valence-corrected chi connectivity index (χ0v) is 20.9. The van der Waals surface area contributed by atoms with Gasteiger partial charge in [-0.3, -0.25) is 19.6 Å². The van der Waals surface area contributed by atoms with Gasteiger partial charge in [-0.15, -0.1) is 0 Å². The van der Waals surface area contributed by atoms with Crippen molar-refractivity contribution in [2.24, 2.45) is 16.8 Å². The van der Waals surface area contributed by atoms with Crippen LogP contribution in [-0.2, 0) is 23.9 Å². The minimum absolute atomic E-state index is 0.149. The molecule has 0 bridgehead atoms. The first-order chi connectivity index (χ1) is 17.4. The van der Waals surface area contributed by atoms with Gasteiger partial charge in [0, 0.05) is 29.2 Å². The maximum Gasteiger partial charge on any atom is 0.336 e. The Kier molecular flexibility index (Phi) is 7.62. The van der Waals surface area contributed by atoms with E-state index < -0.39 is 35.6 Å². The highest BCUT2D eigenvalue weighted by Gasteiger charge is 2.53. The first kappa shape index (κ1) is 25.3. The van der Waals surface area contributed by atoms with Gasteiger partial charge in [0.2, 0.25) is 0 Å². The zero-order valence-electron chi connectivity index (χ0n) is 20.9. The molecule has 1 aliphatic carbocycles. The fraction of sp³-hybridized carbons (Fsp3) is 0.393. The Morgan fingerprint density at radius 2 is 1.81 bits per heavy atom. The lowest BCUT2D eigenvalue weighted by Gasteiger charge is -2.40. The summed E-state index contributed by atoms with van der Waals surface area (Å²) < 4.78 is 16.1. The first-order valence-electron chi connectivity index (χ1n) is 12.1. The molecule has 36 heavy (non-hydrogen) atoms. The zero-order chi connectivity index (χ0) is 25.8. The summed E-state index contributed by atoms with van der Waals surface area (Å²) in [4.78, 5) is 49.7. The maximum atomic E-state index is 14.2. The van der Waals surface area contributed by atoms with Gasteiger partial charge in [0.25, 0.3) is 0 Å². The number of allylic oxidation sites excluding steroid dienone is 1. The number of ether oxygens (including phenoxy) is 3. The van der Waals surface area contributed by atoms with Crippen molar-refractivity contribution in [3.05, 3.63) is 71.2 Å². The predicted molar refractivity (Wildman–Crippen MR) is 133 cm³/mol. The monoisotopic (exact) mass is 490 g/mol. The average Bonchev–Trinajstić information content (AvgIpc) is 2.88. The Morgan fingerprint density at radius 3 is 2.47 bits per heavy atom. The van der Waals surface area contributed by atoms with E-state index in [2.05, 4.69) is 4.98 Å². The number of rotatable bonds is 7. The van der Waals surface area contributed by atoms with E-state index in [0.29, 0.717) is 34.8 Å². The molecular weight excluding hydrogens is 460 g/mol. The summed E-state index contributed by atoms with van der Waals surface area (Å²) in [6, 6.07) is 12.7. The molecule has 1 saturated carbocycles. The third-order valence-corrected chi connectivity index (χ3v) is 6.71. The van der Waals surface area contributed by atoms with Crippen LogP contribution in [0.2, 0.25) is 0 Å². The number of hydrogen-bond acceptors (Lipinski definition) is 8. The average molecular weight is 491 g/mol. The van der Waals surface area contributed by atoms with Crippen molar-refractivity contribution in [2.45, 2.75) is 39.0 Å². The smallest absolute Gasteiger partial charge is 0.336 e. The highest BCUT2D eigenvalue weighted by Crippen LogP contribution is 2.48. The molecule has 1 aromatic heterocycles. The van der Waals surface area contributed by atoms with E-state index in [9.17, 15) is 14.4 Å². The Labute approximate surface area is 210 Å². The van der Waals surface area contributed by atoms with E-state index in [0.717, 1.165) is 5.56 Å². The van der Waals surface area contributed by atoms with Crippen LogP contribution in [-0.4, -0.2) is 48.7 Å². The molecule has 8 nitrogen and oxygen atoms in total. The Hall–Kier alpha value is -3.81. The number of Topliss-reactive ketones (excluding diaryl/α,β-unsaturated/α-hetero) is 1. The van der Waals surface area contributed by atoms with Crippen LogP contribution in [0.3, 0.4) is 0 Å². The molecule has 1 aliphatic heterocycles. The lowest BCUT2D eigenvalue weighted by atomic mass is 9.62. The number of esters is 2. The number of aliphatic imine (C=N–C) groups is 1. The van der Waals surface area contributed by atoms with Crippen molar-refractivity contribution in [3.8, 4) is 5.75 Å². The molecule has 2 heterocycles. The Morgan fingerprint density at radius 1 is 1.03 bits per heavy atom. The second-order valence-electron chi connectivity index (χ2n) is 8.75. The molecule has 1 fully saturated rings. The van der Waals surface area contributed by atoms with Crippen molar-refractivity contribution in [1.82, 2.24) is 4.98 Å². The van der Waals surface area contributed by atoms with E-state index >= 15 is 0 Å². The second-order valence-corrected chi connectivity index (χ2v) is 8.75. The van der Waals surface area contributed by atoms with Gasteiger partial charge in [0.05, 0.1) is 37.7 Å². The van der Waals surface area contributed by atoms with Gasteiger partial charge in [-0.05, 0) is 57.0 Å². The van der Waals surface area contributed by atoms with Gasteiger partial charge in [-0.25, -0.2) is 4.79 Å². The highest BCUT2D eigenvalue weighted by atomic mass is 16.5. The summed E-state index contributed by atoms with van der Waals surface area (Å²) in [5, 5.41) is 0. The van der Waals surface area contributed by atoms with Crippen LogP contribution >= 0.6 is 0 Å². The van der Waals surface area contributed by atoms with Crippen LogP contribution in [0.4, 0.5) is 0 Å². The van der Waals surface area contributed by atoms with Crippen LogP contribution in [0, 0.1) is 11.8 Å². The largest absolute Gasteiger partial charge is 0.497 e. The molecule has 2 aromatic rings. The molecule has 8 heteroatoms. The van der Waals surface area contributed by atoms with Crippen molar-refractivity contribution in [1.29, 1.82) is 0 Å². The van der Waals surface area contributed by atoms with Gasteiger partial charge >= 0.3 is 11.9 Å². The lowest BCUT2D eigenvalue weighted by Crippen LogP contribution is -2.49. The molecule has 2 aliphatic rings. The van der Waals surface area contributed by atoms with Crippen LogP contribution in [0.15, 0.2) is 64.9 Å². The van der Waals surface area contributed by atoms with Crippen LogP contribution in [0.1, 0.15) is 50.3 Å².